The molecule has 4 aliphatic rings. The molecule has 0 unspecified atom stereocenters. The van der Waals surface area contributed by atoms with Crippen LogP contribution in [-0.2, 0) is 28.5 Å². The number of carbonyl (C=O) groups excluding carboxylic acids is 3. The highest BCUT2D eigenvalue weighted by atomic mass is 16.6. The van der Waals surface area contributed by atoms with Crippen LogP contribution >= 0.6 is 0 Å². The van der Waals surface area contributed by atoms with Gasteiger partial charge in [0.15, 0.2) is 11.7 Å². The van der Waals surface area contributed by atoms with E-state index < -0.39 is 82.5 Å². The molecule has 42 heavy (non-hydrogen) atoms. The number of aliphatic hydroxyl groups is 4. The first-order valence-electron chi connectivity index (χ1n) is 14.2. The van der Waals surface area contributed by atoms with Crippen molar-refractivity contribution < 1.29 is 53.8 Å². The third-order valence-electron chi connectivity index (χ3n) is 10.3. The summed E-state index contributed by atoms with van der Waals surface area (Å²) in [5, 5.41) is 47.4. The van der Waals surface area contributed by atoms with Crippen LogP contribution in [0.1, 0.15) is 64.7 Å². The maximum Gasteiger partial charge on any atom is 0.338 e. The number of hydrogen-bond donors (Lipinski definition) is 4. The molecule has 0 amide bonds. The standard InChI is InChI=1S/C31H40O11/c1-15-19(34)13-30(28(4,5)38)22(15)23(41-27(37)18-10-8-7-9-11-18)25(36)29(6)20(35)12-21-31(14-39-21,42-17(3)33)24(29)26(30)40-16(2)32/h7-11,19-21,23-26,34-36,38H,12-14H2,1-6H3/t19-,20-,21-,23+,24+,25-,26-,29-,30-,31-/m0/s1. The van der Waals surface area contributed by atoms with Crippen molar-refractivity contribution in [1.29, 1.82) is 0 Å². The molecule has 4 N–H and O–H groups in total. The first-order chi connectivity index (χ1) is 19.5. The molecule has 1 heterocycles. The van der Waals surface area contributed by atoms with Crippen LogP contribution in [0.15, 0.2) is 41.5 Å². The number of hydrogen-bond acceptors (Lipinski definition) is 11. The van der Waals surface area contributed by atoms with Crippen LogP contribution in [0, 0.1) is 16.7 Å². The molecule has 0 spiro atoms. The van der Waals surface area contributed by atoms with Gasteiger partial charge in [0, 0.05) is 25.7 Å². The van der Waals surface area contributed by atoms with E-state index in [9.17, 15) is 34.8 Å². The van der Waals surface area contributed by atoms with E-state index >= 15 is 0 Å². The van der Waals surface area contributed by atoms with Gasteiger partial charge in [-0.2, -0.15) is 0 Å². The number of rotatable bonds is 5. The summed E-state index contributed by atoms with van der Waals surface area (Å²) >= 11 is 0. The normalized spacial score (nSPS) is 41.0. The number of carbonyl (C=O) groups is 3. The molecule has 0 radical (unpaired) electrons. The summed E-state index contributed by atoms with van der Waals surface area (Å²) in [7, 11) is 0. The van der Waals surface area contributed by atoms with Crippen molar-refractivity contribution in [1.82, 2.24) is 0 Å². The lowest BCUT2D eigenvalue weighted by molar-refractivity contribution is -0.352. The smallest absolute Gasteiger partial charge is 0.338 e. The SMILES string of the molecule is CC(=O)O[C@H]1[C@H]2[C@]3(OC(C)=O)CO[C@H]3C[C@H](O)[C@]2(C)[C@@H](O)[C@H](OC(=O)c2ccccc2)C2=C(C)[C@@H](O)C[C@]21C(C)(C)O. The molecule has 230 valence electrons. The fourth-order valence-electron chi connectivity index (χ4n) is 8.27. The van der Waals surface area contributed by atoms with Crippen LogP contribution < -0.4 is 0 Å². The molecule has 0 aromatic heterocycles. The van der Waals surface area contributed by atoms with E-state index in [0.29, 0.717) is 5.57 Å². The Morgan fingerprint density at radius 1 is 1.02 bits per heavy atom. The largest absolute Gasteiger partial charge is 0.461 e. The Hall–Kier alpha value is -2.83. The van der Waals surface area contributed by atoms with Gasteiger partial charge < -0.3 is 39.4 Å². The van der Waals surface area contributed by atoms with Gasteiger partial charge in [0.25, 0.3) is 0 Å². The van der Waals surface area contributed by atoms with E-state index in [2.05, 4.69) is 0 Å². The van der Waals surface area contributed by atoms with Gasteiger partial charge in [-0.25, -0.2) is 4.79 Å². The molecule has 11 nitrogen and oxygen atoms in total. The quantitative estimate of drug-likeness (QED) is 0.223. The first kappa shape index (κ1) is 30.6. The topological polar surface area (TPSA) is 169 Å². The number of aliphatic hydroxyl groups excluding tert-OH is 3. The summed E-state index contributed by atoms with van der Waals surface area (Å²) in [6, 6.07) is 8.14. The van der Waals surface area contributed by atoms with E-state index in [1.165, 1.54) is 27.7 Å². The van der Waals surface area contributed by atoms with Gasteiger partial charge in [0.1, 0.15) is 18.3 Å². The van der Waals surface area contributed by atoms with Gasteiger partial charge in [0.2, 0.25) is 0 Å². The summed E-state index contributed by atoms with van der Waals surface area (Å²) in [5.41, 5.74) is -5.78. The van der Waals surface area contributed by atoms with Gasteiger partial charge in [-0.15, -0.1) is 0 Å². The molecule has 11 heteroatoms. The molecule has 1 saturated heterocycles. The highest BCUT2D eigenvalue weighted by Gasteiger charge is 2.79. The van der Waals surface area contributed by atoms with E-state index in [1.54, 1.807) is 44.2 Å². The molecule has 3 aliphatic carbocycles. The van der Waals surface area contributed by atoms with E-state index in [-0.39, 0.29) is 30.6 Å². The first-order valence-corrected chi connectivity index (χ1v) is 14.2. The lowest BCUT2D eigenvalue weighted by atomic mass is 9.49. The third-order valence-corrected chi connectivity index (χ3v) is 10.3. The van der Waals surface area contributed by atoms with Crippen molar-refractivity contribution in [3.63, 3.8) is 0 Å². The summed E-state index contributed by atoms with van der Waals surface area (Å²) in [6.45, 7) is 8.48. The number of esters is 3. The van der Waals surface area contributed by atoms with Crippen LogP contribution in [0.2, 0.25) is 0 Å². The van der Waals surface area contributed by atoms with Crippen LogP contribution in [0.25, 0.3) is 0 Å². The highest BCUT2D eigenvalue weighted by Crippen LogP contribution is 2.68. The maximum absolute atomic E-state index is 13.5. The third kappa shape index (κ3) is 4.16. The Balaban J connectivity index is 1.83. The number of fused-ring (bicyclic) bond motifs is 4. The molecule has 1 aliphatic heterocycles. The maximum atomic E-state index is 13.5. The Labute approximate surface area is 244 Å². The van der Waals surface area contributed by atoms with Crippen molar-refractivity contribution >= 4 is 17.9 Å². The fraction of sp³-hybridized carbons (Fsp3) is 0.645. The predicted octanol–water partition coefficient (Wildman–Crippen LogP) is 1.44. The number of ether oxygens (including phenoxy) is 4. The van der Waals surface area contributed by atoms with Crippen molar-refractivity contribution in [3.05, 3.63) is 47.0 Å². The molecule has 1 aromatic rings. The van der Waals surface area contributed by atoms with E-state index in [1.807, 2.05) is 0 Å². The monoisotopic (exact) mass is 588 g/mol. The molecule has 1 aromatic carbocycles. The Kier molecular flexibility index (Phi) is 7.38. The average Bonchev–Trinajstić information content (AvgIpc) is 3.14. The second-order valence-electron chi connectivity index (χ2n) is 13.0. The van der Waals surface area contributed by atoms with Gasteiger partial charge in [-0.05, 0) is 50.5 Å². The zero-order valence-corrected chi connectivity index (χ0v) is 24.7. The summed E-state index contributed by atoms with van der Waals surface area (Å²) in [5.74, 6) is -3.31. The average molecular weight is 589 g/mol. The van der Waals surface area contributed by atoms with Crippen molar-refractivity contribution in [2.45, 2.75) is 102 Å². The minimum atomic E-state index is -1.76. The summed E-state index contributed by atoms with van der Waals surface area (Å²) in [6.07, 6.45) is -7.96. The molecule has 0 bridgehead atoms. The van der Waals surface area contributed by atoms with Crippen LogP contribution in [0.3, 0.4) is 0 Å². The van der Waals surface area contributed by atoms with Gasteiger partial charge in [0.05, 0.1) is 41.3 Å². The highest BCUT2D eigenvalue weighted by molar-refractivity contribution is 5.89. The molecule has 3 fully saturated rings. The van der Waals surface area contributed by atoms with Gasteiger partial charge in [-0.3, -0.25) is 9.59 Å². The lowest BCUT2D eigenvalue weighted by Crippen LogP contribution is -2.78. The second kappa shape index (κ2) is 10.1. The minimum Gasteiger partial charge on any atom is -0.461 e. The molecule has 10 atom stereocenters. The van der Waals surface area contributed by atoms with Gasteiger partial charge >= 0.3 is 17.9 Å². The minimum absolute atomic E-state index is 0.0281. The fourth-order valence-corrected chi connectivity index (χ4v) is 8.27. The Bertz CT molecular complexity index is 1300. The van der Waals surface area contributed by atoms with E-state index in [4.69, 9.17) is 18.9 Å². The Morgan fingerprint density at radius 3 is 2.19 bits per heavy atom. The second-order valence-corrected chi connectivity index (χ2v) is 13.0. The van der Waals surface area contributed by atoms with Crippen molar-refractivity contribution in [2.75, 3.05) is 6.61 Å². The summed E-state index contributed by atoms with van der Waals surface area (Å²) in [4.78, 5) is 38.9. The lowest BCUT2D eigenvalue weighted by Gasteiger charge is -2.65. The zero-order valence-electron chi connectivity index (χ0n) is 24.7. The Morgan fingerprint density at radius 2 is 1.67 bits per heavy atom. The van der Waals surface area contributed by atoms with Crippen LogP contribution in [0.5, 0.6) is 0 Å². The van der Waals surface area contributed by atoms with Crippen LogP contribution in [0.4, 0.5) is 0 Å². The van der Waals surface area contributed by atoms with E-state index in [0.717, 1.165) is 0 Å². The molecule has 2 saturated carbocycles. The predicted molar refractivity (Wildman–Crippen MR) is 146 cm³/mol. The summed E-state index contributed by atoms with van der Waals surface area (Å²) < 4.78 is 23.9. The van der Waals surface area contributed by atoms with Crippen molar-refractivity contribution in [3.8, 4) is 0 Å². The molecular weight excluding hydrogens is 548 g/mol. The number of benzene rings is 1. The van der Waals surface area contributed by atoms with Crippen molar-refractivity contribution in [2.24, 2.45) is 16.7 Å². The van der Waals surface area contributed by atoms with Gasteiger partial charge in [-0.1, -0.05) is 25.1 Å². The molecular formula is C31H40O11. The zero-order chi connectivity index (χ0) is 31.0. The molecule has 5 rings (SSSR count). The van der Waals surface area contributed by atoms with Crippen LogP contribution in [-0.4, -0.2) is 92.8 Å².